The van der Waals surface area contributed by atoms with E-state index in [1.54, 1.807) is 7.11 Å². The normalized spacial score (nSPS) is 22.8. The first-order valence-corrected chi connectivity index (χ1v) is 10.3. The van der Waals surface area contributed by atoms with Crippen molar-refractivity contribution >= 4 is 33.6 Å². The summed E-state index contributed by atoms with van der Waals surface area (Å²) in [6.45, 7) is 7.23. The molecule has 146 valence electrons. The van der Waals surface area contributed by atoms with Gasteiger partial charge in [-0.05, 0) is 42.8 Å². The van der Waals surface area contributed by atoms with Crippen LogP contribution < -0.4 is 15.0 Å². The van der Waals surface area contributed by atoms with Gasteiger partial charge in [-0.15, -0.1) is 0 Å². The van der Waals surface area contributed by atoms with Gasteiger partial charge in [-0.25, -0.2) is 0 Å². The maximum absolute atomic E-state index is 12.5. The number of halogens is 1. The van der Waals surface area contributed by atoms with E-state index in [4.69, 9.17) is 4.74 Å². The molecule has 1 unspecified atom stereocenters. The SMILES string of the molecule is COc1ccc(Br)cc1/C=C/C12NC(=O)CCN1c1ccc(C)cc1C2(C)C. The fraction of sp³-hybridized carbons (Fsp3) is 0.348. The molecule has 1 saturated heterocycles. The third-order valence-corrected chi connectivity index (χ3v) is 6.58. The van der Waals surface area contributed by atoms with E-state index in [-0.39, 0.29) is 11.3 Å². The second kappa shape index (κ2) is 6.66. The van der Waals surface area contributed by atoms with Crippen molar-refractivity contribution in [1.29, 1.82) is 0 Å². The van der Waals surface area contributed by atoms with Gasteiger partial charge < -0.3 is 15.0 Å². The first-order valence-electron chi connectivity index (χ1n) is 9.51. The van der Waals surface area contributed by atoms with Crippen LogP contribution in [0.1, 0.15) is 37.0 Å². The number of nitrogens with zero attached hydrogens (tertiary/aromatic N) is 1. The van der Waals surface area contributed by atoms with Crippen molar-refractivity contribution in [3.8, 4) is 5.75 Å². The van der Waals surface area contributed by atoms with Crippen LogP contribution in [0.2, 0.25) is 0 Å². The second-order valence-corrected chi connectivity index (χ2v) is 9.00. The number of fused-ring (bicyclic) bond motifs is 3. The largest absolute Gasteiger partial charge is 0.496 e. The Bertz CT molecular complexity index is 983. The lowest BCUT2D eigenvalue weighted by molar-refractivity contribution is -0.124. The van der Waals surface area contributed by atoms with E-state index in [1.165, 1.54) is 16.8 Å². The van der Waals surface area contributed by atoms with Gasteiger partial charge in [0.25, 0.3) is 0 Å². The Kier molecular flexibility index (Phi) is 4.53. The van der Waals surface area contributed by atoms with Crippen molar-refractivity contribution in [2.24, 2.45) is 0 Å². The van der Waals surface area contributed by atoms with E-state index in [9.17, 15) is 4.79 Å². The van der Waals surface area contributed by atoms with Gasteiger partial charge in [0.15, 0.2) is 0 Å². The minimum absolute atomic E-state index is 0.0831. The highest BCUT2D eigenvalue weighted by molar-refractivity contribution is 9.10. The second-order valence-electron chi connectivity index (χ2n) is 8.08. The molecule has 2 aliphatic heterocycles. The van der Waals surface area contributed by atoms with E-state index in [0.29, 0.717) is 13.0 Å². The first kappa shape index (κ1) is 19.1. The van der Waals surface area contributed by atoms with Gasteiger partial charge in [-0.3, -0.25) is 4.79 Å². The standard InChI is InChI=1S/C23H25BrN2O2/c1-15-5-7-19-18(13-15)22(2,3)23(25-21(27)10-12-26(19)23)11-9-16-14-17(24)6-8-20(16)28-4/h5-9,11,13-14H,10,12H2,1-4H3,(H,25,27)/b11-9+. The number of anilines is 1. The van der Waals surface area contributed by atoms with Crippen LogP contribution in [-0.4, -0.2) is 25.2 Å². The smallest absolute Gasteiger partial charge is 0.223 e. The predicted octanol–water partition coefficient (Wildman–Crippen LogP) is 4.79. The van der Waals surface area contributed by atoms with E-state index in [2.05, 4.69) is 77.3 Å². The summed E-state index contributed by atoms with van der Waals surface area (Å²) in [4.78, 5) is 14.8. The van der Waals surface area contributed by atoms with E-state index in [1.807, 2.05) is 18.2 Å². The van der Waals surface area contributed by atoms with Crippen LogP contribution in [0.25, 0.3) is 6.08 Å². The quantitative estimate of drug-likeness (QED) is 0.745. The number of carbonyl (C=O) groups excluding carboxylic acids is 1. The summed E-state index contributed by atoms with van der Waals surface area (Å²) in [5.41, 5.74) is 3.74. The lowest BCUT2D eigenvalue weighted by Crippen LogP contribution is -2.68. The average molecular weight is 441 g/mol. The minimum atomic E-state index is -0.619. The zero-order chi connectivity index (χ0) is 20.1. The van der Waals surface area contributed by atoms with Crippen LogP contribution in [0, 0.1) is 6.92 Å². The monoisotopic (exact) mass is 440 g/mol. The molecule has 5 heteroatoms. The molecule has 0 saturated carbocycles. The summed E-state index contributed by atoms with van der Waals surface area (Å²) in [7, 11) is 1.67. The molecule has 0 bridgehead atoms. The number of hydrogen-bond donors (Lipinski definition) is 1. The third-order valence-electron chi connectivity index (χ3n) is 6.08. The van der Waals surface area contributed by atoms with Crippen LogP contribution in [-0.2, 0) is 10.2 Å². The van der Waals surface area contributed by atoms with Crippen LogP contribution in [0.15, 0.2) is 46.9 Å². The zero-order valence-electron chi connectivity index (χ0n) is 16.7. The number of benzene rings is 2. The third kappa shape index (κ3) is 2.75. The molecule has 28 heavy (non-hydrogen) atoms. The van der Waals surface area contributed by atoms with Gasteiger partial charge >= 0.3 is 0 Å². The molecular formula is C23H25BrN2O2. The number of ether oxygens (including phenoxy) is 1. The van der Waals surface area contributed by atoms with Gasteiger partial charge in [0.1, 0.15) is 11.4 Å². The molecule has 0 spiro atoms. The van der Waals surface area contributed by atoms with E-state index in [0.717, 1.165) is 15.8 Å². The Morgan fingerprint density at radius 1 is 1.21 bits per heavy atom. The van der Waals surface area contributed by atoms with Crippen LogP contribution >= 0.6 is 15.9 Å². The Hall–Kier alpha value is -2.27. The lowest BCUT2D eigenvalue weighted by Gasteiger charge is -2.49. The summed E-state index contributed by atoms with van der Waals surface area (Å²) in [6, 6.07) is 12.5. The Labute approximate surface area is 174 Å². The summed E-state index contributed by atoms with van der Waals surface area (Å²) in [5, 5.41) is 3.32. The molecule has 2 aromatic carbocycles. The highest BCUT2D eigenvalue weighted by Crippen LogP contribution is 2.52. The van der Waals surface area contributed by atoms with Crippen LogP contribution in [0.4, 0.5) is 5.69 Å². The van der Waals surface area contributed by atoms with Gasteiger partial charge in [0.2, 0.25) is 5.91 Å². The molecule has 0 radical (unpaired) electrons. The molecule has 2 aromatic rings. The number of amides is 1. The fourth-order valence-electron chi connectivity index (χ4n) is 4.51. The summed E-state index contributed by atoms with van der Waals surface area (Å²) in [5.74, 6) is 0.883. The molecule has 4 nitrogen and oxygen atoms in total. The highest BCUT2D eigenvalue weighted by atomic mass is 79.9. The summed E-state index contributed by atoms with van der Waals surface area (Å²) < 4.78 is 6.51. The average Bonchev–Trinajstić information content (AvgIpc) is 2.84. The molecule has 1 amide bonds. The van der Waals surface area contributed by atoms with Crippen molar-refractivity contribution in [2.45, 2.75) is 38.3 Å². The predicted molar refractivity (Wildman–Crippen MR) is 117 cm³/mol. The molecule has 4 rings (SSSR count). The van der Waals surface area contributed by atoms with Crippen LogP contribution in [0.5, 0.6) is 5.75 Å². The summed E-state index contributed by atoms with van der Waals surface area (Å²) >= 11 is 3.54. The Morgan fingerprint density at radius 3 is 2.75 bits per heavy atom. The van der Waals surface area contributed by atoms with Crippen molar-refractivity contribution < 1.29 is 9.53 Å². The maximum Gasteiger partial charge on any atom is 0.223 e. The number of carbonyl (C=O) groups is 1. The zero-order valence-corrected chi connectivity index (χ0v) is 18.3. The van der Waals surface area contributed by atoms with E-state index < -0.39 is 5.66 Å². The minimum Gasteiger partial charge on any atom is -0.496 e. The lowest BCUT2D eigenvalue weighted by atomic mass is 9.74. The van der Waals surface area contributed by atoms with E-state index >= 15 is 0 Å². The molecule has 1 fully saturated rings. The van der Waals surface area contributed by atoms with Crippen molar-refractivity contribution in [2.75, 3.05) is 18.6 Å². The number of rotatable bonds is 3. The molecule has 2 heterocycles. The topological polar surface area (TPSA) is 41.6 Å². The molecule has 0 aromatic heterocycles. The number of aryl methyl sites for hydroxylation is 1. The van der Waals surface area contributed by atoms with Gasteiger partial charge in [-0.1, -0.05) is 53.5 Å². The van der Waals surface area contributed by atoms with Crippen molar-refractivity contribution in [1.82, 2.24) is 5.32 Å². The Morgan fingerprint density at radius 2 is 2.00 bits per heavy atom. The molecular weight excluding hydrogens is 416 g/mol. The number of methoxy groups -OCH3 is 1. The Balaban J connectivity index is 1.87. The first-order chi connectivity index (χ1) is 13.3. The molecule has 2 aliphatic rings. The van der Waals surface area contributed by atoms with Gasteiger partial charge in [0, 0.05) is 34.1 Å². The summed E-state index contributed by atoms with van der Waals surface area (Å²) in [6.07, 6.45) is 4.69. The van der Waals surface area contributed by atoms with Gasteiger partial charge in [0.05, 0.1) is 7.11 Å². The molecule has 1 atom stereocenters. The fourth-order valence-corrected chi connectivity index (χ4v) is 4.89. The molecule has 0 aliphatic carbocycles. The number of hydrogen-bond acceptors (Lipinski definition) is 3. The van der Waals surface area contributed by atoms with Crippen LogP contribution in [0.3, 0.4) is 0 Å². The van der Waals surface area contributed by atoms with Crippen molar-refractivity contribution in [3.05, 3.63) is 63.6 Å². The number of nitrogens with one attached hydrogen (secondary N) is 1. The maximum atomic E-state index is 12.5. The van der Waals surface area contributed by atoms with Gasteiger partial charge in [-0.2, -0.15) is 0 Å². The molecule has 1 N–H and O–H groups in total. The highest BCUT2D eigenvalue weighted by Gasteiger charge is 2.57. The van der Waals surface area contributed by atoms with Crippen molar-refractivity contribution in [3.63, 3.8) is 0 Å².